The molecule has 156 valence electrons. The van der Waals surface area contributed by atoms with Crippen molar-refractivity contribution in [3.8, 4) is 18.1 Å². The van der Waals surface area contributed by atoms with Gasteiger partial charge in [-0.2, -0.15) is 0 Å². The van der Waals surface area contributed by atoms with Gasteiger partial charge in [-0.15, -0.1) is 6.42 Å². The van der Waals surface area contributed by atoms with Crippen LogP contribution in [0.5, 0.6) is 5.75 Å². The van der Waals surface area contributed by atoms with Crippen molar-refractivity contribution in [1.82, 2.24) is 9.47 Å². The molecule has 0 atom stereocenters. The highest BCUT2D eigenvalue weighted by molar-refractivity contribution is 8.18. The zero-order chi connectivity index (χ0) is 21.8. The smallest absolute Gasteiger partial charge is 0.294 e. The molecule has 0 aliphatic carbocycles. The summed E-state index contributed by atoms with van der Waals surface area (Å²) in [5.41, 5.74) is 3.18. The van der Waals surface area contributed by atoms with E-state index in [0.29, 0.717) is 11.5 Å². The van der Waals surface area contributed by atoms with Crippen LogP contribution in [0.15, 0.2) is 59.6 Å². The van der Waals surface area contributed by atoms with E-state index in [1.54, 1.807) is 6.08 Å². The van der Waals surface area contributed by atoms with Crippen molar-refractivity contribution < 1.29 is 14.3 Å². The average molecular weight is 431 g/mol. The topological polar surface area (TPSA) is 51.5 Å². The minimum Gasteiger partial charge on any atom is -0.494 e. The van der Waals surface area contributed by atoms with E-state index in [1.165, 1.54) is 5.56 Å². The molecule has 0 N–H and O–H groups in total. The predicted octanol–water partition coefficient (Wildman–Crippen LogP) is 5.09. The molecule has 0 saturated carbocycles. The van der Waals surface area contributed by atoms with Crippen LogP contribution in [0.1, 0.15) is 17.5 Å². The Bertz CT molecular complexity index is 1200. The van der Waals surface area contributed by atoms with E-state index >= 15 is 0 Å². The number of para-hydroxylation sites is 1. The molecular formula is C25H22N2O3S. The molecule has 3 aromatic rings. The van der Waals surface area contributed by atoms with Crippen molar-refractivity contribution in [3.05, 3.63) is 70.8 Å². The van der Waals surface area contributed by atoms with Crippen molar-refractivity contribution in [2.45, 2.75) is 19.9 Å². The fourth-order valence-corrected chi connectivity index (χ4v) is 4.33. The molecule has 2 amide bonds. The van der Waals surface area contributed by atoms with Crippen LogP contribution in [-0.2, 0) is 11.3 Å². The Balaban J connectivity index is 1.50. The molecule has 0 spiro atoms. The lowest BCUT2D eigenvalue weighted by molar-refractivity contribution is -0.122. The molecule has 4 rings (SSSR count). The predicted molar refractivity (Wildman–Crippen MR) is 125 cm³/mol. The highest BCUT2D eigenvalue weighted by Gasteiger charge is 2.34. The highest BCUT2D eigenvalue weighted by atomic mass is 32.2. The van der Waals surface area contributed by atoms with Crippen molar-refractivity contribution >= 4 is 39.9 Å². The summed E-state index contributed by atoms with van der Waals surface area (Å²) in [6.07, 6.45) is 9.91. The van der Waals surface area contributed by atoms with E-state index in [1.807, 2.05) is 55.6 Å². The Kier molecular flexibility index (Phi) is 6.15. The monoisotopic (exact) mass is 430 g/mol. The first kappa shape index (κ1) is 20.8. The van der Waals surface area contributed by atoms with Gasteiger partial charge in [-0.05, 0) is 49.4 Å². The number of imide groups is 1. The molecule has 31 heavy (non-hydrogen) atoms. The lowest BCUT2D eigenvalue weighted by Crippen LogP contribution is -2.28. The SMILES string of the molecule is C#CCN1C(=O)S/C(=C\c2cn(CCCOc3ccc(C)cc3)c3ccccc23)C1=O. The summed E-state index contributed by atoms with van der Waals surface area (Å²) >= 11 is 0.928. The highest BCUT2D eigenvalue weighted by Crippen LogP contribution is 2.34. The van der Waals surface area contributed by atoms with E-state index in [0.717, 1.165) is 51.8 Å². The lowest BCUT2D eigenvalue weighted by atomic mass is 10.1. The van der Waals surface area contributed by atoms with Gasteiger partial charge in [0.05, 0.1) is 18.1 Å². The van der Waals surface area contributed by atoms with E-state index in [9.17, 15) is 9.59 Å². The second kappa shape index (κ2) is 9.15. The number of hydrogen-bond donors (Lipinski definition) is 0. The van der Waals surface area contributed by atoms with Crippen LogP contribution in [0.2, 0.25) is 0 Å². The normalized spacial score (nSPS) is 15.1. The van der Waals surface area contributed by atoms with Gasteiger partial charge >= 0.3 is 0 Å². The van der Waals surface area contributed by atoms with Gasteiger partial charge in [0.25, 0.3) is 11.1 Å². The molecule has 0 bridgehead atoms. The van der Waals surface area contributed by atoms with E-state index < -0.39 is 0 Å². The van der Waals surface area contributed by atoms with Gasteiger partial charge in [-0.1, -0.05) is 41.8 Å². The second-order valence-corrected chi connectivity index (χ2v) is 8.28. The summed E-state index contributed by atoms with van der Waals surface area (Å²) < 4.78 is 8.00. The number of rotatable bonds is 7. The fourth-order valence-electron chi connectivity index (χ4n) is 3.50. The summed E-state index contributed by atoms with van der Waals surface area (Å²) in [5.74, 6) is 2.89. The Morgan fingerprint density at radius 1 is 1.13 bits per heavy atom. The van der Waals surface area contributed by atoms with Gasteiger partial charge in [0, 0.05) is 29.2 Å². The van der Waals surface area contributed by atoms with Crippen molar-refractivity contribution in [1.29, 1.82) is 0 Å². The van der Waals surface area contributed by atoms with Crippen LogP contribution < -0.4 is 4.74 Å². The molecular weight excluding hydrogens is 408 g/mol. The van der Waals surface area contributed by atoms with Gasteiger partial charge in [0.2, 0.25) is 0 Å². The number of carbonyl (C=O) groups excluding carboxylic acids is 2. The molecule has 1 aromatic heterocycles. The number of ether oxygens (including phenoxy) is 1. The number of thioether (sulfide) groups is 1. The van der Waals surface area contributed by atoms with Crippen LogP contribution in [0, 0.1) is 19.3 Å². The number of carbonyl (C=O) groups is 2. The molecule has 1 aliphatic heterocycles. The molecule has 5 nitrogen and oxygen atoms in total. The third-order valence-corrected chi connectivity index (χ3v) is 5.97. The van der Waals surface area contributed by atoms with E-state index in [4.69, 9.17) is 11.2 Å². The first-order valence-corrected chi connectivity index (χ1v) is 10.8. The fraction of sp³-hybridized carbons (Fsp3) is 0.200. The van der Waals surface area contributed by atoms with Gasteiger partial charge in [-0.25, -0.2) is 0 Å². The quantitative estimate of drug-likeness (QED) is 0.298. The maximum Gasteiger partial charge on any atom is 0.294 e. The van der Waals surface area contributed by atoms with Crippen LogP contribution in [-0.4, -0.2) is 33.8 Å². The van der Waals surface area contributed by atoms with Gasteiger partial charge in [0.1, 0.15) is 5.75 Å². The van der Waals surface area contributed by atoms with E-state index in [2.05, 4.69) is 16.6 Å². The second-order valence-electron chi connectivity index (χ2n) is 7.28. The molecule has 0 unspecified atom stereocenters. The van der Waals surface area contributed by atoms with Crippen molar-refractivity contribution in [2.75, 3.05) is 13.2 Å². The summed E-state index contributed by atoms with van der Waals surface area (Å²) in [6, 6.07) is 16.1. The maximum atomic E-state index is 12.5. The maximum absolute atomic E-state index is 12.5. The standard InChI is InChI=1S/C25H22N2O3S/c1-3-13-27-24(28)23(31-25(27)29)16-19-17-26(22-8-5-4-7-21(19)22)14-6-15-30-20-11-9-18(2)10-12-20/h1,4-5,7-12,16-17H,6,13-15H2,2H3/b23-16-. The Morgan fingerprint density at radius 2 is 1.90 bits per heavy atom. The van der Waals surface area contributed by atoms with Crippen molar-refractivity contribution in [2.24, 2.45) is 0 Å². The van der Waals surface area contributed by atoms with Gasteiger partial charge in [0.15, 0.2) is 0 Å². The first-order valence-electron chi connectivity index (χ1n) is 10.0. The van der Waals surface area contributed by atoms with Crippen LogP contribution in [0.25, 0.3) is 17.0 Å². The number of aryl methyl sites for hydroxylation is 2. The van der Waals surface area contributed by atoms with Gasteiger partial charge in [-0.3, -0.25) is 14.5 Å². The molecule has 1 fully saturated rings. The zero-order valence-electron chi connectivity index (χ0n) is 17.2. The van der Waals surface area contributed by atoms with Crippen LogP contribution in [0.4, 0.5) is 4.79 Å². The lowest BCUT2D eigenvalue weighted by Gasteiger charge is -2.08. The van der Waals surface area contributed by atoms with Crippen molar-refractivity contribution in [3.63, 3.8) is 0 Å². The first-order chi connectivity index (χ1) is 15.1. The number of fused-ring (bicyclic) bond motifs is 1. The van der Waals surface area contributed by atoms with E-state index in [-0.39, 0.29) is 17.7 Å². The van der Waals surface area contributed by atoms with Gasteiger partial charge < -0.3 is 9.30 Å². The number of hydrogen-bond acceptors (Lipinski definition) is 4. The van der Waals surface area contributed by atoms with Crippen LogP contribution >= 0.6 is 11.8 Å². The molecule has 2 heterocycles. The number of nitrogens with zero attached hydrogens (tertiary/aromatic N) is 2. The molecule has 0 radical (unpaired) electrons. The average Bonchev–Trinajstić information content (AvgIpc) is 3.25. The molecule has 2 aromatic carbocycles. The number of benzene rings is 2. The largest absolute Gasteiger partial charge is 0.494 e. The molecule has 1 aliphatic rings. The summed E-state index contributed by atoms with van der Waals surface area (Å²) in [6.45, 7) is 3.42. The molecule has 1 saturated heterocycles. The third-order valence-electron chi connectivity index (χ3n) is 5.06. The zero-order valence-corrected chi connectivity index (χ0v) is 18.0. The number of aromatic nitrogens is 1. The third kappa shape index (κ3) is 4.52. The number of amides is 2. The molecule has 6 heteroatoms. The number of terminal acetylenes is 1. The Morgan fingerprint density at radius 3 is 2.68 bits per heavy atom. The summed E-state index contributed by atoms with van der Waals surface area (Å²) in [4.78, 5) is 26.1. The minimum atomic E-state index is -0.337. The van der Waals surface area contributed by atoms with Crippen LogP contribution in [0.3, 0.4) is 0 Å². The Labute approximate surface area is 185 Å². The summed E-state index contributed by atoms with van der Waals surface area (Å²) in [7, 11) is 0. The Hall–Kier alpha value is -3.43. The minimum absolute atomic E-state index is 0.00918. The summed E-state index contributed by atoms with van der Waals surface area (Å²) in [5, 5.41) is 0.705.